The third-order valence-electron chi connectivity index (χ3n) is 3.26. The van der Waals surface area contributed by atoms with Crippen molar-refractivity contribution < 1.29 is 4.74 Å². The van der Waals surface area contributed by atoms with Crippen molar-refractivity contribution in [1.82, 2.24) is 4.90 Å². The number of hydrogen-bond acceptors (Lipinski definition) is 4. The van der Waals surface area contributed by atoms with Crippen molar-refractivity contribution in [2.45, 2.75) is 32.4 Å². The first kappa shape index (κ1) is 16.1. The van der Waals surface area contributed by atoms with Gasteiger partial charge in [0.1, 0.15) is 0 Å². The zero-order valence-electron chi connectivity index (χ0n) is 11.4. The van der Waals surface area contributed by atoms with Crippen LogP contribution in [0.1, 0.15) is 31.2 Å². The molecule has 0 aliphatic carbocycles. The van der Waals surface area contributed by atoms with Gasteiger partial charge in [-0.2, -0.15) is 0 Å². The standard InChI is InChI=1S/C13H23BrN2OS/c1-4-10(2)16(7-8-17-3)11(9-15)12-5-6-13(14)18-12/h5-6,10-11H,4,7-9,15H2,1-3H3. The summed E-state index contributed by atoms with van der Waals surface area (Å²) in [5.41, 5.74) is 5.99. The van der Waals surface area contributed by atoms with Crippen molar-refractivity contribution in [2.24, 2.45) is 5.73 Å². The monoisotopic (exact) mass is 334 g/mol. The van der Waals surface area contributed by atoms with Gasteiger partial charge in [-0.1, -0.05) is 6.92 Å². The van der Waals surface area contributed by atoms with E-state index < -0.39 is 0 Å². The van der Waals surface area contributed by atoms with E-state index >= 15 is 0 Å². The molecule has 1 heterocycles. The summed E-state index contributed by atoms with van der Waals surface area (Å²) in [6.45, 7) is 6.76. The summed E-state index contributed by atoms with van der Waals surface area (Å²) in [6, 6.07) is 5.04. The Labute approximate surface area is 122 Å². The van der Waals surface area contributed by atoms with E-state index in [0.717, 1.165) is 23.4 Å². The minimum Gasteiger partial charge on any atom is -0.383 e. The molecule has 0 fully saturated rings. The van der Waals surface area contributed by atoms with Gasteiger partial charge in [0.15, 0.2) is 0 Å². The van der Waals surface area contributed by atoms with Crippen LogP contribution in [0.5, 0.6) is 0 Å². The van der Waals surface area contributed by atoms with E-state index in [1.165, 1.54) is 4.88 Å². The molecule has 104 valence electrons. The number of rotatable bonds is 8. The average molecular weight is 335 g/mol. The Kier molecular flexibility index (Phi) is 7.41. The van der Waals surface area contributed by atoms with E-state index in [2.05, 4.69) is 46.8 Å². The lowest BCUT2D eigenvalue weighted by atomic mass is 10.1. The molecule has 5 heteroatoms. The first-order valence-corrected chi connectivity index (χ1v) is 7.94. The van der Waals surface area contributed by atoms with Crippen LogP contribution in [0.3, 0.4) is 0 Å². The van der Waals surface area contributed by atoms with E-state index in [-0.39, 0.29) is 6.04 Å². The second-order valence-electron chi connectivity index (χ2n) is 4.38. The van der Waals surface area contributed by atoms with Crippen molar-refractivity contribution in [1.29, 1.82) is 0 Å². The Bertz CT molecular complexity index is 345. The Morgan fingerprint density at radius 3 is 2.67 bits per heavy atom. The highest BCUT2D eigenvalue weighted by atomic mass is 79.9. The second-order valence-corrected chi connectivity index (χ2v) is 6.88. The van der Waals surface area contributed by atoms with Gasteiger partial charge in [0.05, 0.1) is 16.4 Å². The SMILES string of the molecule is CCC(C)N(CCOC)C(CN)c1ccc(Br)s1. The largest absolute Gasteiger partial charge is 0.383 e. The van der Waals surface area contributed by atoms with Crippen LogP contribution < -0.4 is 5.73 Å². The molecule has 2 atom stereocenters. The van der Waals surface area contributed by atoms with Gasteiger partial charge in [-0.25, -0.2) is 0 Å². The van der Waals surface area contributed by atoms with Crippen molar-refractivity contribution >= 4 is 27.3 Å². The fourth-order valence-corrected chi connectivity index (χ4v) is 3.59. The van der Waals surface area contributed by atoms with Gasteiger partial charge in [-0.15, -0.1) is 11.3 Å². The molecule has 2 N–H and O–H groups in total. The van der Waals surface area contributed by atoms with Gasteiger partial charge >= 0.3 is 0 Å². The molecule has 1 aromatic rings. The molecular formula is C13H23BrN2OS. The lowest BCUT2D eigenvalue weighted by Gasteiger charge is -2.35. The number of thiophene rings is 1. The Morgan fingerprint density at radius 1 is 1.50 bits per heavy atom. The number of methoxy groups -OCH3 is 1. The summed E-state index contributed by atoms with van der Waals surface area (Å²) in [4.78, 5) is 3.77. The van der Waals surface area contributed by atoms with E-state index in [1.807, 2.05) is 0 Å². The predicted octanol–water partition coefficient (Wildman–Crippen LogP) is 3.26. The molecule has 0 aromatic carbocycles. The molecule has 0 amide bonds. The van der Waals surface area contributed by atoms with E-state index in [1.54, 1.807) is 18.4 Å². The highest BCUT2D eigenvalue weighted by Gasteiger charge is 2.24. The van der Waals surface area contributed by atoms with Crippen LogP contribution in [0.15, 0.2) is 15.9 Å². The zero-order chi connectivity index (χ0) is 13.5. The fourth-order valence-electron chi connectivity index (χ4n) is 2.04. The van der Waals surface area contributed by atoms with Crippen molar-refractivity contribution in [3.8, 4) is 0 Å². The summed E-state index contributed by atoms with van der Waals surface area (Å²) in [5, 5.41) is 0. The summed E-state index contributed by atoms with van der Waals surface area (Å²) >= 11 is 5.28. The molecule has 2 unspecified atom stereocenters. The van der Waals surface area contributed by atoms with E-state index in [9.17, 15) is 0 Å². The van der Waals surface area contributed by atoms with Gasteiger partial charge in [0.25, 0.3) is 0 Å². The number of hydrogen-bond donors (Lipinski definition) is 1. The maximum absolute atomic E-state index is 5.99. The molecule has 1 aromatic heterocycles. The molecule has 18 heavy (non-hydrogen) atoms. The third kappa shape index (κ3) is 4.31. The van der Waals surface area contributed by atoms with Crippen LogP contribution in [0.4, 0.5) is 0 Å². The van der Waals surface area contributed by atoms with Crippen molar-refractivity contribution in [3.05, 3.63) is 20.8 Å². The summed E-state index contributed by atoms with van der Waals surface area (Å²) < 4.78 is 6.37. The number of nitrogens with two attached hydrogens (primary N) is 1. The first-order valence-electron chi connectivity index (χ1n) is 6.34. The van der Waals surface area contributed by atoms with Gasteiger partial charge < -0.3 is 10.5 Å². The Balaban J connectivity index is 2.85. The fraction of sp³-hybridized carbons (Fsp3) is 0.692. The molecule has 3 nitrogen and oxygen atoms in total. The number of halogens is 1. The molecule has 0 saturated carbocycles. The van der Waals surface area contributed by atoms with Crippen molar-refractivity contribution in [3.63, 3.8) is 0 Å². The molecular weight excluding hydrogens is 312 g/mol. The number of ether oxygens (including phenoxy) is 1. The topological polar surface area (TPSA) is 38.5 Å². The predicted molar refractivity (Wildman–Crippen MR) is 82.1 cm³/mol. The third-order valence-corrected chi connectivity index (χ3v) is 4.98. The van der Waals surface area contributed by atoms with Crippen LogP contribution >= 0.6 is 27.3 Å². The quantitative estimate of drug-likeness (QED) is 0.792. The van der Waals surface area contributed by atoms with E-state index in [4.69, 9.17) is 10.5 Å². The van der Waals surface area contributed by atoms with Gasteiger partial charge in [0, 0.05) is 31.1 Å². The second kappa shape index (κ2) is 8.27. The van der Waals surface area contributed by atoms with Gasteiger partial charge in [-0.05, 0) is 41.4 Å². The summed E-state index contributed by atoms with van der Waals surface area (Å²) in [6.07, 6.45) is 1.12. The molecule has 1 rings (SSSR count). The maximum atomic E-state index is 5.99. The van der Waals surface area contributed by atoms with Crippen molar-refractivity contribution in [2.75, 3.05) is 26.8 Å². The average Bonchev–Trinajstić information content (AvgIpc) is 2.80. The lowest BCUT2D eigenvalue weighted by Crippen LogP contribution is -2.41. The minimum absolute atomic E-state index is 0.284. The molecule has 0 saturated heterocycles. The minimum atomic E-state index is 0.284. The van der Waals surface area contributed by atoms with Crippen LogP contribution in [-0.4, -0.2) is 37.7 Å². The maximum Gasteiger partial charge on any atom is 0.0702 e. The molecule has 0 aliphatic rings. The molecule has 0 spiro atoms. The van der Waals surface area contributed by atoms with E-state index in [0.29, 0.717) is 12.6 Å². The highest BCUT2D eigenvalue weighted by molar-refractivity contribution is 9.11. The summed E-state index contributed by atoms with van der Waals surface area (Å²) in [5.74, 6) is 0. The highest BCUT2D eigenvalue weighted by Crippen LogP contribution is 2.31. The Hall–Kier alpha value is 0.0600. The van der Waals surface area contributed by atoms with Crippen LogP contribution in [0.25, 0.3) is 0 Å². The van der Waals surface area contributed by atoms with Gasteiger partial charge in [-0.3, -0.25) is 4.90 Å². The van der Waals surface area contributed by atoms with Gasteiger partial charge in [0.2, 0.25) is 0 Å². The Morgan fingerprint density at radius 2 is 2.22 bits per heavy atom. The van der Waals surface area contributed by atoms with Crippen LogP contribution in [0.2, 0.25) is 0 Å². The molecule has 0 bridgehead atoms. The van der Waals surface area contributed by atoms with Crippen LogP contribution in [0, 0.1) is 0 Å². The number of nitrogens with zero attached hydrogens (tertiary/aromatic N) is 1. The smallest absolute Gasteiger partial charge is 0.0702 e. The first-order chi connectivity index (χ1) is 8.63. The zero-order valence-corrected chi connectivity index (χ0v) is 13.8. The van der Waals surface area contributed by atoms with Crippen LogP contribution in [-0.2, 0) is 4.74 Å². The summed E-state index contributed by atoms with van der Waals surface area (Å²) in [7, 11) is 1.74. The molecule has 0 radical (unpaired) electrons. The molecule has 0 aliphatic heterocycles. The lowest BCUT2D eigenvalue weighted by molar-refractivity contribution is 0.0915. The normalized spacial score (nSPS) is 15.0.